The number of allylic oxidation sites excluding steroid dienone is 1. The van der Waals surface area contributed by atoms with E-state index in [2.05, 4.69) is 21.8 Å². The molecule has 0 bridgehead atoms. The topological polar surface area (TPSA) is 84.5 Å². The van der Waals surface area contributed by atoms with E-state index in [1.165, 1.54) is 23.1 Å². The largest absolute Gasteiger partial charge is 0.283 e. The third-order valence-electron chi connectivity index (χ3n) is 2.81. The molecule has 8 heteroatoms. The molecule has 0 N–H and O–H groups in total. The van der Waals surface area contributed by atoms with E-state index in [0.29, 0.717) is 26.9 Å². The summed E-state index contributed by atoms with van der Waals surface area (Å²) in [4.78, 5) is 17.7. The Morgan fingerprint density at radius 2 is 2.27 bits per heavy atom. The average Bonchev–Trinajstić information content (AvgIpc) is 3.00. The lowest BCUT2D eigenvalue weighted by molar-refractivity contribution is 0.671. The molecule has 108 valence electrons. The minimum absolute atomic E-state index is 0.102. The van der Waals surface area contributed by atoms with Crippen LogP contribution in [0.5, 0.6) is 0 Å². The predicted molar refractivity (Wildman–Crippen MR) is 84.9 cm³/mol. The molecule has 3 rings (SSSR count). The Kier molecular flexibility index (Phi) is 4.00. The number of rotatable bonds is 4. The van der Waals surface area contributed by atoms with Crippen LogP contribution in [0.3, 0.4) is 0 Å². The van der Waals surface area contributed by atoms with Crippen molar-refractivity contribution in [2.75, 3.05) is 0 Å². The maximum Gasteiger partial charge on any atom is 0.263 e. The van der Waals surface area contributed by atoms with Crippen molar-refractivity contribution in [3.05, 3.63) is 52.3 Å². The Labute approximate surface area is 133 Å². The third kappa shape index (κ3) is 2.64. The zero-order valence-corrected chi connectivity index (χ0v) is 12.9. The van der Waals surface area contributed by atoms with Gasteiger partial charge in [-0.2, -0.15) is 5.26 Å². The molecular formula is C14H9N5OS2. The van der Waals surface area contributed by atoms with Gasteiger partial charge in [-0.3, -0.25) is 9.36 Å². The molecule has 0 unspecified atom stereocenters. The van der Waals surface area contributed by atoms with Crippen LogP contribution in [-0.2, 0) is 6.54 Å². The van der Waals surface area contributed by atoms with Gasteiger partial charge in [-0.15, -0.1) is 28.1 Å². The van der Waals surface area contributed by atoms with E-state index in [9.17, 15) is 4.79 Å². The van der Waals surface area contributed by atoms with Gasteiger partial charge in [0.15, 0.2) is 10.9 Å². The first-order valence-corrected chi connectivity index (χ1v) is 7.93. The summed E-state index contributed by atoms with van der Waals surface area (Å²) < 4.78 is 1.55. The number of hydrogen-bond donors (Lipinski definition) is 0. The van der Waals surface area contributed by atoms with Gasteiger partial charge in [0.2, 0.25) is 0 Å². The third-order valence-corrected chi connectivity index (χ3v) is 4.54. The summed E-state index contributed by atoms with van der Waals surface area (Å²) in [5, 5.41) is 20.0. The minimum atomic E-state index is -0.102. The molecule has 0 atom stereocenters. The van der Waals surface area contributed by atoms with Crippen molar-refractivity contribution < 1.29 is 0 Å². The highest BCUT2D eigenvalue weighted by molar-refractivity contribution is 7.99. The van der Waals surface area contributed by atoms with Gasteiger partial charge in [0, 0.05) is 6.54 Å². The van der Waals surface area contributed by atoms with Crippen molar-refractivity contribution in [2.45, 2.75) is 16.7 Å². The fourth-order valence-electron chi connectivity index (χ4n) is 1.83. The molecule has 3 aromatic heterocycles. The molecule has 0 aliphatic carbocycles. The summed E-state index contributed by atoms with van der Waals surface area (Å²) in [6.45, 7) is 4.04. The second-order valence-corrected chi connectivity index (χ2v) is 6.09. The number of hydrogen-bond acceptors (Lipinski definition) is 7. The van der Waals surface area contributed by atoms with Crippen molar-refractivity contribution >= 4 is 33.3 Å². The summed E-state index contributed by atoms with van der Waals surface area (Å²) in [7, 11) is 0. The first-order chi connectivity index (χ1) is 10.7. The average molecular weight is 327 g/mol. The quantitative estimate of drug-likeness (QED) is 0.540. The number of nitrogens with zero attached hydrogens (tertiary/aromatic N) is 5. The number of aromatic nitrogens is 4. The van der Waals surface area contributed by atoms with Gasteiger partial charge >= 0.3 is 0 Å². The Morgan fingerprint density at radius 3 is 2.95 bits per heavy atom. The van der Waals surface area contributed by atoms with Gasteiger partial charge in [0.1, 0.15) is 15.9 Å². The zero-order valence-electron chi connectivity index (χ0n) is 11.3. The Hall–Kier alpha value is -2.50. The molecule has 0 amide bonds. The molecule has 0 fully saturated rings. The van der Waals surface area contributed by atoms with E-state index in [4.69, 9.17) is 5.26 Å². The van der Waals surface area contributed by atoms with Crippen molar-refractivity contribution in [3.8, 4) is 6.07 Å². The lowest BCUT2D eigenvalue weighted by Gasteiger charge is -2.09. The molecule has 0 saturated heterocycles. The molecule has 3 aromatic rings. The van der Waals surface area contributed by atoms with Gasteiger partial charge in [-0.25, -0.2) is 4.98 Å². The van der Waals surface area contributed by atoms with Crippen LogP contribution in [0.1, 0.15) is 5.69 Å². The molecule has 0 aliphatic rings. The first kappa shape index (κ1) is 14.4. The van der Waals surface area contributed by atoms with Crippen LogP contribution < -0.4 is 5.56 Å². The zero-order chi connectivity index (χ0) is 15.5. The number of thiophene rings is 1. The van der Waals surface area contributed by atoms with Gasteiger partial charge in [-0.1, -0.05) is 6.08 Å². The number of fused-ring (bicyclic) bond motifs is 1. The molecule has 0 spiro atoms. The number of nitriles is 1. The van der Waals surface area contributed by atoms with Crippen LogP contribution in [0.15, 0.2) is 51.2 Å². The monoisotopic (exact) mass is 327 g/mol. The van der Waals surface area contributed by atoms with E-state index in [0.717, 1.165) is 0 Å². The SMILES string of the molecule is C=CCn1c(Sc2ccc(C#N)nn2)nc2sccc2c1=O. The Morgan fingerprint density at radius 1 is 1.41 bits per heavy atom. The Balaban J connectivity index is 2.08. The van der Waals surface area contributed by atoms with Crippen LogP contribution in [0.25, 0.3) is 10.2 Å². The van der Waals surface area contributed by atoms with Gasteiger partial charge in [0.25, 0.3) is 5.56 Å². The maximum absolute atomic E-state index is 12.5. The molecule has 0 aliphatic heterocycles. The van der Waals surface area contributed by atoms with Gasteiger partial charge in [0.05, 0.1) is 5.39 Å². The van der Waals surface area contributed by atoms with E-state index >= 15 is 0 Å². The molecule has 0 radical (unpaired) electrons. The van der Waals surface area contributed by atoms with Crippen molar-refractivity contribution in [1.29, 1.82) is 5.26 Å². The molecule has 0 saturated carbocycles. The Bertz CT molecular complexity index is 937. The van der Waals surface area contributed by atoms with Crippen LogP contribution in [0.4, 0.5) is 0 Å². The fraction of sp³-hybridized carbons (Fsp3) is 0.0714. The highest BCUT2D eigenvalue weighted by Gasteiger charge is 2.13. The van der Waals surface area contributed by atoms with Crippen LogP contribution in [0, 0.1) is 11.3 Å². The summed E-state index contributed by atoms with van der Waals surface area (Å²) >= 11 is 2.65. The van der Waals surface area contributed by atoms with Crippen molar-refractivity contribution in [2.24, 2.45) is 0 Å². The standard InChI is InChI=1S/C14H9N5OS2/c1-2-6-19-13(20)10-5-7-21-12(10)16-14(19)22-11-4-3-9(8-15)17-18-11/h2-5,7H,1,6H2. The minimum Gasteiger partial charge on any atom is -0.283 e. The van der Waals surface area contributed by atoms with E-state index in [1.807, 2.05) is 11.4 Å². The van der Waals surface area contributed by atoms with E-state index in [-0.39, 0.29) is 11.3 Å². The van der Waals surface area contributed by atoms with E-state index in [1.54, 1.807) is 28.8 Å². The predicted octanol–water partition coefficient (Wildman–Crippen LogP) is 2.46. The highest BCUT2D eigenvalue weighted by Crippen LogP contribution is 2.26. The van der Waals surface area contributed by atoms with Crippen LogP contribution in [0.2, 0.25) is 0 Å². The molecule has 6 nitrogen and oxygen atoms in total. The maximum atomic E-state index is 12.5. The molecule has 3 heterocycles. The second kappa shape index (κ2) is 6.09. The lowest BCUT2D eigenvalue weighted by Crippen LogP contribution is -2.22. The van der Waals surface area contributed by atoms with Gasteiger partial charge in [-0.05, 0) is 35.3 Å². The normalized spacial score (nSPS) is 10.5. The lowest BCUT2D eigenvalue weighted by atomic mass is 10.4. The van der Waals surface area contributed by atoms with E-state index < -0.39 is 0 Å². The molecule has 0 aromatic carbocycles. The second-order valence-electron chi connectivity index (χ2n) is 4.21. The van der Waals surface area contributed by atoms with Crippen molar-refractivity contribution in [1.82, 2.24) is 19.7 Å². The highest BCUT2D eigenvalue weighted by atomic mass is 32.2. The smallest absolute Gasteiger partial charge is 0.263 e. The van der Waals surface area contributed by atoms with Crippen LogP contribution >= 0.6 is 23.1 Å². The molecular weight excluding hydrogens is 318 g/mol. The summed E-state index contributed by atoms with van der Waals surface area (Å²) in [5.41, 5.74) is 0.143. The summed E-state index contributed by atoms with van der Waals surface area (Å²) in [6, 6.07) is 6.94. The fourth-order valence-corrected chi connectivity index (χ4v) is 3.45. The summed E-state index contributed by atoms with van der Waals surface area (Å²) in [6.07, 6.45) is 1.65. The van der Waals surface area contributed by atoms with Gasteiger partial charge < -0.3 is 0 Å². The van der Waals surface area contributed by atoms with Crippen LogP contribution in [-0.4, -0.2) is 19.7 Å². The first-order valence-electron chi connectivity index (χ1n) is 6.23. The van der Waals surface area contributed by atoms with Crippen molar-refractivity contribution in [3.63, 3.8) is 0 Å². The molecule has 22 heavy (non-hydrogen) atoms. The summed E-state index contributed by atoms with van der Waals surface area (Å²) in [5.74, 6) is 0.